The molecule has 4 amide bonds. The van der Waals surface area contributed by atoms with Gasteiger partial charge in [-0.3, -0.25) is 14.9 Å². The molecule has 0 unspecified atom stereocenters. The summed E-state index contributed by atoms with van der Waals surface area (Å²) in [6.07, 6.45) is 1.24. The number of carbonyl (C=O) groups excluding carboxylic acids is 3. The fourth-order valence-corrected chi connectivity index (χ4v) is 4.67. The van der Waals surface area contributed by atoms with Crippen LogP contribution >= 0.6 is 23.2 Å². The van der Waals surface area contributed by atoms with Crippen molar-refractivity contribution >= 4 is 52.8 Å². The molecule has 206 valence electrons. The lowest BCUT2D eigenvalue weighted by Crippen LogP contribution is -2.54. The van der Waals surface area contributed by atoms with Crippen LogP contribution in [0.25, 0.3) is 6.08 Å². The molecule has 1 N–H and O–H groups in total. The summed E-state index contributed by atoms with van der Waals surface area (Å²) in [5, 5.41) is 2.52. The monoisotopic (exact) mass is 590 g/mol. The molecular weight excluding hydrogens is 570 g/mol. The van der Waals surface area contributed by atoms with Gasteiger partial charge in [0, 0.05) is 10.6 Å². The van der Waals surface area contributed by atoms with Gasteiger partial charge in [-0.25, -0.2) is 14.1 Å². The molecule has 41 heavy (non-hydrogen) atoms. The Morgan fingerprint density at radius 2 is 1.51 bits per heavy atom. The molecule has 5 rings (SSSR count). The molecule has 0 saturated carbocycles. The summed E-state index contributed by atoms with van der Waals surface area (Å²) in [4.78, 5) is 39.7. The largest absolute Gasteiger partial charge is 0.489 e. The number of nitrogens with zero attached hydrogens (tertiary/aromatic N) is 1. The molecule has 1 fully saturated rings. The molecule has 0 bridgehead atoms. The summed E-state index contributed by atoms with van der Waals surface area (Å²) in [5.74, 6) is -1.53. The Kier molecular flexibility index (Phi) is 8.33. The first-order valence-corrected chi connectivity index (χ1v) is 13.1. The first-order valence-electron chi connectivity index (χ1n) is 12.3. The number of urea groups is 1. The molecule has 1 aliphatic heterocycles. The third kappa shape index (κ3) is 6.57. The predicted octanol–water partition coefficient (Wildman–Crippen LogP) is 6.96. The Morgan fingerprint density at radius 3 is 2.24 bits per heavy atom. The smallest absolute Gasteiger partial charge is 0.335 e. The first-order chi connectivity index (χ1) is 19.8. The van der Waals surface area contributed by atoms with Crippen LogP contribution in [0.3, 0.4) is 0 Å². The molecule has 4 aromatic rings. The summed E-state index contributed by atoms with van der Waals surface area (Å²) in [5.41, 5.74) is 1.62. The predicted molar refractivity (Wildman–Crippen MR) is 153 cm³/mol. The van der Waals surface area contributed by atoms with Crippen LogP contribution in [0.1, 0.15) is 16.7 Å². The summed E-state index contributed by atoms with van der Waals surface area (Å²) in [7, 11) is 0. The van der Waals surface area contributed by atoms with Crippen molar-refractivity contribution in [3.05, 3.63) is 129 Å². The molecule has 4 aromatic carbocycles. The normalized spacial score (nSPS) is 14.3. The van der Waals surface area contributed by atoms with Gasteiger partial charge in [0.1, 0.15) is 36.1 Å². The Bertz CT molecular complexity index is 1660. The highest BCUT2D eigenvalue weighted by molar-refractivity contribution is 6.40. The van der Waals surface area contributed by atoms with Crippen molar-refractivity contribution in [1.82, 2.24) is 5.32 Å². The highest BCUT2D eigenvalue weighted by Gasteiger charge is 2.37. The first kappa shape index (κ1) is 27.9. The van der Waals surface area contributed by atoms with Gasteiger partial charge in [-0.15, -0.1) is 0 Å². The summed E-state index contributed by atoms with van der Waals surface area (Å²) in [6.45, 7) is 0.301. The summed E-state index contributed by atoms with van der Waals surface area (Å²) < 4.78 is 25.2. The molecule has 1 aliphatic rings. The fraction of sp³-hybridized carbons (Fsp3) is 0.0645. The average molecular weight is 591 g/mol. The van der Waals surface area contributed by atoms with E-state index < -0.39 is 23.7 Å². The topological polar surface area (TPSA) is 84.9 Å². The summed E-state index contributed by atoms with van der Waals surface area (Å²) >= 11 is 12.6. The SMILES string of the molecule is O=C1NC(=O)N(c2ccc(OCc3ccccc3)cc2)C(=O)/C1=C/c1cc(Cl)cc(Cl)c1OCc1cccc(F)c1. The maximum absolute atomic E-state index is 13.6. The Labute approximate surface area is 244 Å². The van der Waals surface area contributed by atoms with E-state index in [1.165, 1.54) is 42.5 Å². The molecule has 0 atom stereocenters. The lowest BCUT2D eigenvalue weighted by Gasteiger charge is -2.26. The van der Waals surface area contributed by atoms with Crippen molar-refractivity contribution in [3.8, 4) is 11.5 Å². The van der Waals surface area contributed by atoms with Gasteiger partial charge >= 0.3 is 6.03 Å². The van der Waals surface area contributed by atoms with Crippen LogP contribution < -0.4 is 19.7 Å². The van der Waals surface area contributed by atoms with Gasteiger partial charge in [0.25, 0.3) is 11.8 Å². The number of rotatable bonds is 8. The molecular formula is C31H21Cl2FN2O5. The minimum Gasteiger partial charge on any atom is -0.489 e. The Hall–Kier alpha value is -4.66. The van der Waals surface area contributed by atoms with E-state index in [1.54, 1.807) is 24.3 Å². The van der Waals surface area contributed by atoms with E-state index in [0.717, 1.165) is 10.5 Å². The van der Waals surface area contributed by atoms with Crippen LogP contribution in [0.2, 0.25) is 10.0 Å². The van der Waals surface area contributed by atoms with Crippen molar-refractivity contribution in [1.29, 1.82) is 0 Å². The van der Waals surface area contributed by atoms with E-state index in [2.05, 4.69) is 5.32 Å². The summed E-state index contributed by atoms with van der Waals surface area (Å²) in [6, 6.07) is 23.7. The Morgan fingerprint density at radius 1 is 0.805 bits per heavy atom. The fourth-order valence-electron chi connectivity index (χ4n) is 4.10. The average Bonchev–Trinajstić information content (AvgIpc) is 2.95. The second-order valence-corrected chi connectivity index (χ2v) is 9.79. The number of halogens is 3. The molecule has 10 heteroatoms. The zero-order chi connectivity index (χ0) is 28.9. The van der Waals surface area contributed by atoms with Crippen LogP contribution in [0.5, 0.6) is 11.5 Å². The van der Waals surface area contributed by atoms with Crippen LogP contribution in [-0.4, -0.2) is 17.8 Å². The standard InChI is InChI=1S/C31H21Cl2FN2O5/c32-22-14-21(28(27(33)16-22)41-18-20-7-4-8-23(34)13-20)15-26-29(37)35-31(39)36(30(26)38)24-9-11-25(12-10-24)40-17-19-5-2-1-3-6-19/h1-16H,17-18H2,(H,35,37,39)/b26-15+. The third-order valence-electron chi connectivity index (χ3n) is 6.05. The number of hydrogen-bond donors (Lipinski definition) is 1. The van der Waals surface area contributed by atoms with Crippen molar-refractivity contribution in [2.45, 2.75) is 13.2 Å². The number of anilines is 1. The van der Waals surface area contributed by atoms with Crippen LogP contribution in [0, 0.1) is 5.82 Å². The van der Waals surface area contributed by atoms with Gasteiger partial charge in [0.15, 0.2) is 0 Å². The maximum atomic E-state index is 13.6. The Balaban J connectivity index is 1.39. The molecule has 0 radical (unpaired) electrons. The van der Waals surface area contributed by atoms with E-state index in [1.807, 2.05) is 30.3 Å². The minimum absolute atomic E-state index is 0.0429. The number of hydrogen-bond acceptors (Lipinski definition) is 5. The van der Waals surface area contributed by atoms with E-state index in [0.29, 0.717) is 17.9 Å². The molecule has 1 heterocycles. The van der Waals surface area contributed by atoms with Crippen LogP contribution in [0.15, 0.2) is 96.6 Å². The van der Waals surface area contributed by atoms with Crippen molar-refractivity contribution in [2.75, 3.05) is 4.90 Å². The van der Waals surface area contributed by atoms with Gasteiger partial charge in [-0.2, -0.15) is 0 Å². The van der Waals surface area contributed by atoms with Gasteiger partial charge in [0.2, 0.25) is 0 Å². The number of nitrogens with one attached hydrogen (secondary N) is 1. The van der Waals surface area contributed by atoms with Gasteiger partial charge in [0.05, 0.1) is 10.7 Å². The zero-order valence-corrected chi connectivity index (χ0v) is 22.8. The molecule has 1 saturated heterocycles. The van der Waals surface area contributed by atoms with Gasteiger partial charge < -0.3 is 9.47 Å². The third-order valence-corrected chi connectivity index (χ3v) is 6.55. The zero-order valence-electron chi connectivity index (χ0n) is 21.3. The van der Waals surface area contributed by atoms with E-state index in [9.17, 15) is 18.8 Å². The number of imide groups is 2. The molecule has 0 aromatic heterocycles. The highest BCUT2D eigenvalue weighted by Crippen LogP contribution is 2.35. The molecule has 7 nitrogen and oxygen atoms in total. The maximum Gasteiger partial charge on any atom is 0.335 e. The van der Waals surface area contributed by atoms with Gasteiger partial charge in [-0.05, 0) is 65.7 Å². The van der Waals surface area contributed by atoms with Gasteiger partial charge in [-0.1, -0.05) is 65.7 Å². The highest BCUT2D eigenvalue weighted by atomic mass is 35.5. The molecule has 0 aliphatic carbocycles. The van der Waals surface area contributed by atoms with Crippen LogP contribution in [0.4, 0.5) is 14.9 Å². The quantitative estimate of drug-likeness (QED) is 0.177. The lowest BCUT2D eigenvalue weighted by atomic mass is 10.1. The number of barbiturate groups is 1. The number of carbonyl (C=O) groups is 3. The van der Waals surface area contributed by atoms with E-state index in [-0.39, 0.29) is 39.2 Å². The lowest BCUT2D eigenvalue weighted by molar-refractivity contribution is -0.122. The van der Waals surface area contributed by atoms with Crippen molar-refractivity contribution in [2.24, 2.45) is 0 Å². The van der Waals surface area contributed by atoms with Crippen molar-refractivity contribution in [3.63, 3.8) is 0 Å². The van der Waals surface area contributed by atoms with Crippen molar-refractivity contribution < 1.29 is 28.2 Å². The van der Waals surface area contributed by atoms with Crippen LogP contribution in [-0.2, 0) is 22.8 Å². The number of benzene rings is 4. The molecule has 0 spiro atoms. The second kappa shape index (κ2) is 12.2. The van der Waals surface area contributed by atoms with E-state index in [4.69, 9.17) is 32.7 Å². The second-order valence-electron chi connectivity index (χ2n) is 8.95. The minimum atomic E-state index is -0.901. The number of amides is 4. The number of ether oxygens (including phenoxy) is 2. The van der Waals surface area contributed by atoms with E-state index >= 15 is 0 Å².